The van der Waals surface area contributed by atoms with E-state index in [0.717, 1.165) is 23.0 Å². The number of anilines is 1. The topological polar surface area (TPSA) is 51.1 Å². The maximum absolute atomic E-state index is 13.5. The Morgan fingerprint density at radius 1 is 0.917 bits per heavy atom. The number of para-hydroxylation sites is 2. The van der Waals surface area contributed by atoms with Crippen molar-refractivity contribution in [3.8, 4) is 0 Å². The van der Waals surface area contributed by atoms with Crippen molar-refractivity contribution in [3.63, 3.8) is 0 Å². The molecule has 0 aliphatic heterocycles. The van der Waals surface area contributed by atoms with E-state index < -0.39 is 23.2 Å². The van der Waals surface area contributed by atoms with E-state index in [0.29, 0.717) is 0 Å². The van der Waals surface area contributed by atoms with Crippen LogP contribution in [0.2, 0.25) is 0 Å². The summed E-state index contributed by atoms with van der Waals surface area (Å²) in [5, 5.41) is 3.09. The molecule has 122 valence electrons. The maximum atomic E-state index is 13.5. The summed E-state index contributed by atoms with van der Waals surface area (Å²) in [6, 6.07) is 12.5. The first kappa shape index (κ1) is 15.9. The molecule has 1 N–H and O–H groups in total. The van der Waals surface area contributed by atoms with Crippen molar-refractivity contribution in [3.05, 3.63) is 66.4 Å². The summed E-state index contributed by atoms with van der Waals surface area (Å²) in [4.78, 5) is 24.1. The third kappa shape index (κ3) is 3.17. The lowest BCUT2D eigenvalue weighted by Crippen LogP contribution is -2.17. The predicted octanol–water partition coefficient (Wildman–Crippen LogP) is 3.98. The van der Waals surface area contributed by atoms with E-state index in [2.05, 4.69) is 5.32 Å². The van der Waals surface area contributed by atoms with Gasteiger partial charge in [0.25, 0.3) is 0 Å². The van der Waals surface area contributed by atoms with Crippen LogP contribution in [0, 0.1) is 11.6 Å². The first-order valence-electron chi connectivity index (χ1n) is 7.39. The van der Waals surface area contributed by atoms with Crippen molar-refractivity contribution in [1.82, 2.24) is 4.57 Å². The number of halogens is 2. The van der Waals surface area contributed by atoms with Gasteiger partial charge in [-0.15, -0.1) is 0 Å². The number of hydrogen-bond acceptors (Lipinski definition) is 2. The highest BCUT2D eigenvalue weighted by Gasteiger charge is 2.14. The Bertz CT molecular complexity index is 898. The molecule has 0 aliphatic carbocycles. The first-order chi connectivity index (χ1) is 11.6. The van der Waals surface area contributed by atoms with Crippen molar-refractivity contribution in [2.24, 2.45) is 0 Å². The second-order valence-electron chi connectivity index (χ2n) is 5.28. The molecule has 0 bridgehead atoms. The highest BCUT2D eigenvalue weighted by atomic mass is 19.1. The fraction of sp³-hybridized carbons (Fsp3) is 0.111. The van der Waals surface area contributed by atoms with E-state index in [-0.39, 0.29) is 18.7 Å². The molecule has 24 heavy (non-hydrogen) atoms. The van der Waals surface area contributed by atoms with Gasteiger partial charge in [0.2, 0.25) is 11.8 Å². The van der Waals surface area contributed by atoms with E-state index in [9.17, 15) is 18.4 Å². The lowest BCUT2D eigenvalue weighted by molar-refractivity contribution is -0.116. The van der Waals surface area contributed by atoms with Gasteiger partial charge in [-0.2, -0.15) is 0 Å². The van der Waals surface area contributed by atoms with Crippen LogP contribution in [-0.2, 0) is 4.79 Å². The predicted molar refractivity (Wildman–Crippen MR) is 86.8 cm³/mol. The van der Waals surface area contributed by atoms with Gasteiger partial charge in [0.1, 0.15) is 17.3 Å². The smallest absolute Gasteiger partial charge is 0.231 e. The lowest BCUT2D eigenvalue weighted by atomic mass is 10.2. The molecule has 3 aromatic rings. The number of aromatic nitrogens is 1. The molecular weight excluding hydrogens is 314 g/mol. The van der Waals surface area contributed by atoms with Crippen LogP contribution in [0.1, 0.15) is 17.6 Å². The summed E-state index contributed by atoms with van der Waals surface area (Å²) in [5.41, 5.74) is 0.254. The van der Waals surface area contributed by atoms with E-state index in [1.165, 1.54) is 10.6 Å². The molecular formula is C18H14F2N2O2. The molecule has 2 aromatic carbocycles. The summed E-state index contributed by atoms with van der Waals surface area (Å²) < 4.78 is 28.4. The largest absolute Gasteiger partial charge is 0.321 e. The van der Waals surface area contributed by atoms with Crippen molar-refractivity contribution in [2.75, 3.05) is 5.32 Å². The number of fused-ring (bicyclic) bond motifs is 1. The zero-order valence-electron chi connectivity index (χ0n) is 12.6. The second-order valence-corrected chi connectivity index (χ2v) is 5.28. The third-order valence-electron chi connectivity index (χ3n) is 3.66. The van der Waals surface area contributed by atoms with E-state index in [1.807, 2.05) is 30.3 Å². The molecule has 3 rings (SSSR count). The molecule has 1 aromatic heterocycles. The van der Waals surface area contributed by atoms with Crippen molar-refractivity contribution >= 4 is 28.4 Å². The summed E-state index contributed by atoms with van der Waals surface area (Å²) >= 11 is 0. The molecule has 0 aliphatic rings. The van der Waals surface area contributed by atoms with Crippen molar-refractivity contribution < 1.29 is 18.4 Å². The van der Waals surface area contributed by atoms with Gasteiger partial charge in [0.05, 0.1) is 5.52 Å². The molecule has 0 atom stereocenters. The first-order valence-corrected chi connectivity index (χ1v) is 7.39. The van der Waals surface area contributed by atoms with Crippen molar-refractivity contribution in [2.45, 2.75) is 12.8 Å². The van der Waals surface area contributed by atoms with E-state index >= 15 is 0 Å². The average Bonchev–Trinajstić information content (AvgIpc) is 3.00. The van der Waals surface area contributed by atoms with Gasteiger partial charge in [-0.3, -0.25) is 14.2 Å². The number of nitrogens with zero attached hydrogens (tertiary/aromatic N) is 1. The molecule has 1 amide bonds. The second kappa shape index (κ2) is 6.62. The Kier molecular flexibility index (Phi) is 4.37. The summed E-state index contributed by atoms with van der Waals surface area (Å²) in [7, 11) is 0. The molecule has 0 saturated heterocycles. The SMILES string of the molecule is O=C(CCC(=O)n1ccc2ccccc21)Nc1c(F)cccc1F. The van der Waals surface area contributed by atoms with Gasteiger partial charge in [-0.25, -0.2) is 8.78 Å². The maximum Gasteiger partial charge on any atom is 0.231 e. The van der Waals surface area contributed by atoms with Crippen LogP contribution in [-0.4, -0.2) is 16.4 Å². The minimum atomic E-state index is -0.855. The minimum Gasteiger partial charge on any atom is -0.321 e. The number of benzene rings is 2. The zero-order chi connectivity index (χ0) is 17.1. The number of rotatable bonds is 4. The Morgan fingerprint density at radius 2 is 1.62 bits per heavy atom. The van der Waals surface area contributed by atoms with Crippen LogP contribution in [0.25, 0.3) is 10.9 Å². The summed E-state index contributed by atoms with van der Waals surface area (Å²) in [5.74, 6) is -2.60. The Labute approximate surface area is 136 Å². The number of amides is 1. The molecule has 0 radical (unpaired) electrons. The zero-order valence-corrected chi connectivity index (χ0v) is 12.6. The van der Waals surface area contributed by atoms with Crippen LogP contribution in [0.4, 0.5) is 14.5 Å². The third-order valence-corrected chi connectivity index (χ3v) is 3.66. The van der Waals surface area contributed by atoms with Crippen LogP contribution < -0.4 is 5.32 Å². The summed E-state index contributed by atoms with van der Waals surface area (Å²) in [6.45, 7) is 0. The molecule has 4 nitrogen and oxygen atoms in total. The number of carbonyl (C=O) groups excluding carboxylic acids is 2. The van der Waals surface area contributed by atoms with Gasteiger partial charge < -0.3 is 5.32 Å². The van der Waals surface area contributed by atoms with Crippen molar-refractivity contribution in [1.29, 1.82) is 0 Å². The molecule has 1 heterocycles. The fourth-order valence-corrected chi connectivity index (χ4v) is 2.46. The van der Waals surface area contributed by atoms with Crippen LogP contribution in [0.15, 0.2) is 54.7 Å². The van der Waals surface area contributed by atoms with E-state index in [4.69, 9.17) is 0 Å². The van der Waals surface area contributed by atoms with Gasteiger partial charge in [-0.05, 0) is 24.3 Å². The highest BCUT2D eigenvalue weighted by molar-refractivity contribution is 5.96. The van der Waals surface area contributed by atoms with Gasteiger partial charge in [0, 0.05) is 24.4 Å². The van der Waals surface area contributed by atoms with Gasteiger partial charge in [-0.1, -0.05) is 24.3 Å². The molecule has 0 fully saturated rings. The fourth-order valence-electron chi connectivity index (χ4n) is 2.46. The number of hydrogen-bond donors (Lipinski definition) is 1. The quantitative estimate of drug-likeness (QED) is 0.787. The molecule has 0 spiro atoms. The monoisotopic (exact) mass is 328 g/mol. The van der Waals surface area contributed by atoms with Crippen LogP contribution in [0.3, 0.4) is 0 Å². The van der Waals surface area contributed by atoms with Crippen LogP contribution >= 0.6 is 0 Å². The van der Waals surface area contributed by atoms with E-state index in [1.54, 1.807) is 6.20 Å². The van der Waals surface area contributed by atoms with Crippen LogP contribution in [0.5, 0.6) is 0 Å². The van der Waals surface area contributed by atoms with Gasteiger partial charge >= 0.3 is 0 Å². The molecule has 6 heteroatoms. The minimum absolute atomic E-state index is 0.0689. The lowest BCUT2D eigenvalue weighted by Gasteiger charge is -2.08. The highest BCUT2D eigenvalue weighted by Crippen LogP contribution is 2.19. The average molecular weight is 328 g/mol. The Morgan fingerprint density at radius 3 is 2.38 bits per heavy atom. The molecule has 0 unspecified atom stereocenters. The standard InChI is InChI=1S/C18H14F2N2O2/c19-13-5-3-6-14(20)18(13)21-16(23)8-9-17(24)22-11-10-12-4-1-2-7-15(12)22/h1-7,10-11H,8-9H2,(H,21,23). The normalized spacial score (nSPS) is 10.8. The number of nitrogens with one attached hydrogen (secondary N) is 1. The summed E-state index contributed by atoms with van der Waals surface area (Å²) in [6.07, 6.45) is 1.40. The Balaban J connectivity index is 1.65. The number of carbonyl (C=O) groups is 2. The van der Waals surface area contributed by atoms with Gasteiger partial charge in [0.15, 0.2) is 0 Å². The molecule has 0 saturated carbocycles. The Hall–Kier alpha value is -3.02.